The zero-order valence-electron chi connectivity index (χ0n) is 8.89. The summed E-state index contributed by atoms with van der Waals surface area (Å²) >= 11 is 8.32. The Morgan fingerprint density at radius 1 is 1.44 bits per heavy atom. The predicted molar refractivity (Wildman–Crippen MR) is 66.1 cm³/mol. The Hall–Kier alpha value is -1.12. The van der Waals surface area contributed by atoms with Gasteiger partial charge in [0.2, 0.25) is 0 Å². The van der Waals surface area contributed by atoms with Gasteiger partial charge in [-0.2, -0.15) is 5.26 Å². The molecule has 3 nitrogen and oxygen atoms in total. The van der Waals surface area contributed by atoms with Crippen LogP contribution in [0.5, 0.6) is 0 Å². The van der Waals surface area contributed by atoms with Crippen LogP contribution in [0.4, 0.5) is 0 Å². The van der Waals surface area contributed by atoms with Gasteiger partial charge in [0.1, 0.15) is 6.07 Å². The van der Waals surface area contributed by atoms with E-state index in [0.29, 0.717) is 15.4 Å². The fourth-order valence-electron chi connectivity index (χ4n) is 1.01. The number of carbonyl (C=O) groups excluding carboxylic acids is 1. The van der Waals surface area contributed by atoms with Crippen LogP contribution in [-0.2, 0) is 4.74 Å². The third-order valence-electron chi connectivity index (χ3n) is 1.85. The average molecular weight is 253 g/mol. The van der Waals surface area contributed by atoms with Crippen LogP contribution < -0.4 is 0 Å². The molecule has 5 heteroatoms. The molecule has 84 valence electrons. The van der Waals surface area contributed by atoms with Gasteiger partial charge in [-0.15, -0.1) is 25.3 Å². The topological polar surface area (TPSA) is 50.1 Å². The highest BCUT2D eigenvalue weighted by Crippen LogP contribution is 2.24. The Morgan fingerprint density at radius 2 is 2.06 bits per heavy atom. The van der Waals surface area contributed by atoms with Crippen molar-refractivity contribution in [2.45, 2.75) is 29.2 Å². The summed E-state index contributed by atoms with van der Waals surface area (Å²) in [6.45, 7) is 3.04. The number of ether oxygens (including phenoxy) is 1. The van der Waals surface area contributed by atoms with Gasteiger partial charge in [-0.25, -0.2) is 4.79 Å². The molecule has 0 N–H and O–H groups in total. The maximum absolute atomic E-state index is 11.7. The summed E-state index contributed by atoms with van der Waals surface area (Å²) in [5, 5.41) is 8.75. The van der Waals surface area contributed by atoms with Gasteiger partial charge in [-0.05, 0) is 26.0 Å². The summed E-state index contributed by atoms with van der Waals surface area (Å²) < 4.78 is 5.03. The standard InChI is InChI=1S/C11H11NO2S2/c1-11(2,6-12)14-10(13)7-4-3-5-8(15)9(7)16/h3-5,15-16H,1-2H3. The molecule has 0 unspecified atom stereocenters. The van der Waals surface area contributed by atoms with Gasteiger partial charge < -0.3 is 4.74 Å². The summed E-state index contributed by atoms with van der Waals surface area (Å²) in [7, 11) is 0. The molecule has 0 aliphatic rings. The van der Waals surface area contributed by atoms with Crippen molar-refractivity contribution < 1.29 is 9.53 Å². The Kier molecular flexibility index (Phi) is 3.89. The van der Waals surface area contributed by atoms with Crippen molar-refractivity contribution in [3.05, 3.63) is 23.8 Å². The molecule has 0 fully saturated rings. The van der Waals surface area contributed by atoms with Crippen LogP contribution in [0.1, 0.15) is 24.2 Å². The fraction of sp³-hybridized carbons (Fsp3) is 0.273. The molecule has 0 spiro atoms. The number of nitrogens with zero attached hydrogens (tertiary/aromatic N) is 1. The van der Waals surface area contributed by atoms with E-state index < -0.39 is 11.6 Å². The van der Waals surface area contributed by atoms with Gasteiger partial charge >= 0.3 is 5.97 Å². The summed E-state index contributed by atoms with van der Waals surface area (Å²) in [6.07, 6.45) is 0. The number of nitriles is 1. The Bertz CT molecular complexity index is 464. The molecule has 0 aliphatic heterocycles. The summed E-state index contributed by atoms with van der Waals surface area (Å²) in [4.78, 5) is 12.8. The molecule has 1 rings (SSSR count). The lowest BCUT2D eigenvalue weighted by Gasteiger charge is -2.17. The molecule has 1 aromatic rings. The molecule has 1 aromatic carbocycles. The minimum absolute atomic E-state index is 0.305. The van der Waals surface area contributed by atoms with Gasteiger partial charge in [0.15, 0.2) is 5.60 Å². The molecule has 0 saturated carbocycles. The highest BCUT2D eigenvalue weighted by molar-refractivity contribution is 7.83. The van der Waals surface area contributed by atoms with Crippen molar-refractivity contribution in [2.24, 2.45) is 0 Å². The Labute approximate surface area is 105 Å². The molecule has 0 saturated heterocycles. The van der Waals surface area contributed by atoms with E-state index in [1.807, 2.05) is 6.07 Å². The van der Waals surface area contributed by atoms with Gasteiger partial charge in [0, 0.05) is 9.79 Å². The lowest BCUT2D eigenvalue weighted by molar-refractivity contribution is 0.0193. The molecular weight excluding hydrogens is 242 g/mol. The maximum Gasteiger partial charge on any atom is 0.340 e. The molecule has 0 heterocycles. The van der Waals surface area contributed by atoms with Gasteiger partial charge in [0.05, 0.1) is 5.56 Å². The lowest BCUT2D eigenvalue weighted by Crippen LogP contribution is -2.26. The van der Waals surface area contributed by atoms with Gasteiger partial charge in [-0.3, -0.25) is 0 Å². The number of thiol groups is 2. The molecule has 0 radical (unpaired) electrons. The van der Waals surface area contributed by atoms with E-state index in [-0.39, 0.29) is 0 Å². The fourth-order valence-corrected chi connectivity index (χ4v) is 1.45. The summed E-state index contributed by atoms with van der Waals surface area (Å²) in [5.74, 6) is -0.576. The molecule has 0 amide bonds. The summed E-state index contributed by atoms with van der Waals surface area (Å²) in [5.41, 5.74) is -0.844. The second-order valence-electron chi connectivity index (χ2n) is 3.68. The van der Waals surface area contributed by atoms with E-state index >= 15 is 0 Å². The molecule has 0 bridgehead atoms. The first-order chi connectivity index (χ1) is 7.37. The molecule has 0 atom stereocenters. The first-order valence-corrected chi connectivity index (χ1v) is 5.42. The SMILES string of the molecule is CC(C)(C#N)OC(=O)c1cccc(S)c1S. The van der Waals surface area contributed by atoms with E-state index in [0.717, 1.165) is 0 Å². The van der Waals surface area contributed by atoms with E-state index in [4.69, 9.17) is 10.00 Å². The maximum atomic E-state index is 11.7. The molecule has 0 aromatic heterocycles. The van der Waals surface area contributed by atoms with Crippen molar-refractivity contribution in [1.29, 1.82) is 5.26 Å². The average Bonchev–Trinajstić information content (AvgIpc) is 2.21. The number of rotatable bonds is 2. The van der Waals surface area contributed by atoms with Crippen molar-refractivity contribution >= 4 is 31.2 Å². The van der Waals surface area contributed by atoms with Crippen LogP contribution in [0.2, 0.25) is 0 Å². The van der Waals surface area contributed by atoms with Crippen molar-refractivity contribution in [1.82, 2.24) is 0 Å². The summed E-state index contributed by atoms with van der Waals surface area (Å²) in [6, 6.07) is 6.87. The Morgan fingerprint density at radius 3 is 2.62 bits per heavy atom. The predicted octanol–water partition coefficient (Wildman–Crippen LogP) is 2.72. The van der Waals surface area contributed by atoms with Crippen molar-refractivity contribution in [3.63, 3.8) is 0 Å². The van der Waals surface area contributed by atoms with Gasteiger partial charge in [0.25, 0.3) is 0 Å². The number of carbonyl (C=O) groups is 1. The monoisotopic (exact) mass is 253 g/mol. The number of hydrogen-bond donors (Lipinski definition) is 2. The van der Waals surface area contributed by atoms with Crippen molar-refractivity contribution in [2.75, 3.05) is 0 Å². The first-order valence-electron chi connectivity index (χ1n) is 4.53. The van der Waals surface area contributed by atoms with Crippen LogP contribution in [0.3, 0.4) is 0 Å². The number of benzene rings is 1. The number of hydrogen-bond acceptors (Lipinski definition) is 5. The zero-order valence-corrected chi connectivity index (χ0v) is 10.7. The highest BCUT2D eigenvalue weighted by atomic mass is 32.1. The van der Waals surface area contributed by atoms with E-state index in [1.54, 1.807) is 18.2 Å². The molecule has 0 aliphatic carbocycles. The normalized spacial score (nSPS) is 10.7. The van der Waals surface area contributed by atoms with Crippen molar-refractivity contribution in [3.8, 4) is 6.07 Å². The van der Waals surface area contributed by atoms with Crippen LogP contribution in [0.25, 0.3) is 0 Å². The van der Waals surface area contributed by atoms with Gasteiger partial charge in [-0.1, -0.05) is 6.07 Å². The second-order valence-corrected chi connectivity index (χ2v) is 4.61. The van der Waals surface area contributed by atoms with E-state index in [1.165, 1.54) is 13.8 Å². The quantitative estimate of drug-likeness (QED) is 0.629. The van der Waals surface area contributed by atoms with Crippen LogP contribution in [0, 0.1) is 11.3 Å². The largest absolute Gasteiger partial charge is 0.441 e. The minimum Gasteiger partial charge on any atom is -0.441 e. The highest BCUT2D eigenvalue weighted by Gasteiger charge is 2.24. The van der Waals surface area contributed by atoms with E-state index in [9.17, 15) is 4.79 Å². The first kappa shape index (κ1) is 12.9. The lowest BCUT2D eigenvalue weighted by atomic mass is 10.1. The molecule has 16 heavy (non-hydrogen) atoms. The molecular formula is C11H11NO2S2. The number of esters is 1. The third kappa shape index (κ3) is 2.94. The van der Waals surface area contributed by atoms with Crippen LogP contribution in [0.15, 0.2) is 28.0 Å². The van der Waals surface area contributed by atoms with E-state index in [2.05, 4.69) is 25.3 Å². The smallest absolute Gasteiger partial charge is 0.340 e. The Balaban J connectivity index is 2.99. The van der Waals surface area contributed by atoms with Crippen LogP contribution >= 0.6 is 25.3 Å². The second kappa shape index (κ2) is 4.81. The third-order valence-corrected chi connectivity index (χ3v) is 2.88. The zero-order chi connectivity index (χ0) is 12.3. The van der Waals surface area contributed by atoms with Crippen LogP contribution in [-0.4, -0.2) is 11.6 Å². The minimum atomic E-state index is -1.15.